The second-order valence-corrected chi connectivity index (χ2v) is 9.39. The number of hydrogen-bond acceptors (Lipinski definition) is 0. The van der Waals surface area contributed by atoms with Crippen LogP contribution in [0.1, 0.15) is 94.4 Å². The van der Waals surface area contributed by atoms with Crippen LogP contribution >= 0.6 is 0 Å². The fourth-order valence-corrected chi connectivity index (χ4v) is 4.87. The minimum atomic E-state index is 0.505. The first-order valence-electron chi connectivity index (χ1n) is 9.58. The summed E-state index contributed by atoms with van der Waals surface area (Å²) in [7, 11) is 0. The summed E-state index contributed by atoms with van der Waals surface area (Å²) < 4.78 is 0. The van der Waals surface area contributed by atoms with Gasteiger partial charge in [0.1, 0.15) is 0 Å². The van der Waals surface area contributed by atoms with E-state index < -0.39 is 0 Å². The second kappa shape index (κ2) is 7.05. The Balaban J connectivity index is 2.93. The Kier molecular flexibility index (Phi) is 6.40. The highest BCUT2D eigenvalue weighted by molar-refractivity contribution is 5.07. The van der Waals surface area contributed by atoms with Gasteiger partial charge in [-0.2, -0.15) is 0 Å². The van der Waals surface area contributed by atoms with Crippen LogP contribution in [-0.2, 0) is 0 Å². The lowest BCUT2D eigenvalue weighted by Crippen LogP contribution is -2.43. The van der Waals surface area contributed by atoms with Gasteiger partial charge in [-0.3, -0.25) is 0 Å². The molecule has 0 heteroatoms. The zero-order valence-electron chi connectivity index (χ0n) is 16.4. The van der Waals surface area contributed by atoms with Crippen molar-refractivity contribution in [3.8, 4) is 0 Å². The van der Waals surface area contributed by atoms with Gasteiger partial charge >= 0.3 is 0 Å². The predicted octanol–water partition coefficient (Wildman–Crippen LogP) is 7.18. The summed E-state index contributed by atoms with van der Waals surface area (Å²) in [5, 5.41) is 0. The summed E-state index contributed by atoms with van der Waals surface area (Å²) in [6.07, 6.45) is 7.01. The van der Waals surface area contributed by atoms with Crippen molar-refractivity contribution in [1.29, 1.82) is 0 Å². The lowest BCUT2D eigenvalue weighted by molar-refractivity contribution is -0.0128. The Labute approximate surface area is 135 Å². The summed E-state index contributed by atoms with van der Waals surface area (Å²) >= 11 is 0. The Morgan fingerprint density at radius 1 is 0.952 bits per heavy atom. The van der Waals surface area contributed by atoms with Gasteiger partial charge in [-0.15, -0.1) is 0 Å². The molecule has 1 aliphatic rings. The van der Waals surface area contributed by atoms with Gasteiger partial charge in [0.05, 0.1) is 0 Å². The molecule has 0 N–H and O–H groups in total. The molecule has 21 heavy (non-hydrogen) atoms. The van der Waals surface area contributed by atoms with E-state index >= 15 is 0 Å². The monoisotopic (exact) mass is 294 g/mol. The molecule has 0 heterocycles. The minimum absolute atomic E-state index is 0.505. The fourth-order valence-electron chi connectivity index (χ4n) is 4.87. The lowest BCUT2D eigenvalue weighted by Gasteiger charge is -2.50. The molecule has 0 bridgehead atoms. The SMILES string of the molecule is CCC(C)CC(C)C(C)(C(C)C(C)CC(C)C)C1(C)CC1. The summed E-state index contributed by atoms with van der Waals surface area (Å²) in [6, 6.07) is 0. The van der Waals surface area contributed by atoms with Crippen LogP contribution in [0.2, 0.25) is 0 Å². The summed E-state index contributed by atoms with van der Waals surface area (Å²) in [6.45, 7) is 22.4. The van der Waals surface area contributed by atoms with Crippen molar-refractivity contribution in [3.63, 3.8) is 0 Å². The van der Waals surface area contributed by atoms with E-state index in [1.54, 1.807) is 0 Å². The molecule has 0 spiro atoms. The Morgan fingerprint density at radius 2 is 1.48 bits per heavy atom. The first-order chi connectivity index (χ1) is 9.58. The molecule has 0 saturated heterocycles. The maximum atomic E-state index is 2.63. The maximum absolute atomic E-state index is 2.63. The van der Waals surface area contributed by atoms with Crippen LogP contribution in [0.4, 0.5) is 0 Å². The van der Waals surface area contributed by atoms with E-state index in [1.165, 1.54) is 32.1 Å². The molecule has 0 radical (unpaired) electrons. The van der Waals surface area contributed by atoms with Gasteiger partial charge in [0.15, 0.2) is 0 Å². The molecule has 0 aromatic rings. The van der Waals surface area contributed by atoms with E-state index in [0.29, 0.717) is 10.8 Å². The van der Waals surface area contributed by atoms with Crippen molar-refractivity contribution in [2.24, 2.45) is 40.4 Å². The van der Waals surface area contributed by atoms with Gasteiger partial charge in [-0.1, -0.05) is 68.7 Å². The molecule has 0 aromatic heterocycles. The van der Waals surface area contributed by atoms with Gasteiger partial charge in [0.25, 0.3) is 0 Å². The highest BCUT2D eigenvalue weighted by atomic mass is 14.6. The average molecular weight is 295 g/mol. The lowest BCUT2D eigenvalue weighted by atomic mass is 9.55. The Bertz CT molecular complexity index is 312. The normalized spacial score (nSPS) is 26.0. The van der Waals surface area contributed by atoms with E-state index in [9.17, 15) is 0 Å². The van der Waals surface area contributed by atoms with Crippen molar-refractivity contribution in [3.05, 3.63) is 0 Å². The molecular formula is C21H42. The average Bonchev–Trinajstić information content (AvgIpc) is 3.15. The van der Waals surface area contributed by atoms with E-state index in [0.717, 1.165) is 29.6 Å². The summed E-state index contributed by atoms with van der Waals surface area (Å²) in [4.78, 5) is 0. The third-order valence-electron chi connectivity index (χ3n) is 7.42. The van der Waals surface area contributed by atoms with Crippen molar-refractivity contribution >= 4 is 0 Å². The second-order valence-electron chi connectivity index (χ2n) is 9.39. The minimum Gasteiger partial charge on any atom is -0.0651 e. The number of hydrogen-bond donors (Lipinski definition) is 0. The Hall–Kier alpha value is 0. The molecule has 0 aromatic carbocycles. The molecule has 1 aliphatic carbocycles. The maximum Gasteiger partial charge on any atom is -0.0218 e. The van der Waals surface area contributed by atoms with E-state index in [4.69, 9.17) is 0 Å². The molecule has 0 aliphatic heterocycles. The topological polar surface area (TPSA) is 0 Å². The smallest absolute Gasteiger partial charge is 0.0218 e. The third-order valence-corrected chi connectivity index (χ3v) is 7.42. The van der Waals surface area contributed by atoms with E-state index in [-0.39, 0.29) is 0 Å². The van der Waals surface area contributed by atoms with Gasteiger partial charge in [0, 0.05) is 0 Å². The first kappa shape index (κ1) is 19.0. The van der Waals surface area contributed by atoms with Crippen LogP contribution in [0.15, 0.2) is 0 Å². The Morgan fingerprint density at radius 3 is 1.86 bits per heavy atom. The van der Waals surface area contributed by atoms with Crippen molar-refractivity contribution in [1.82, 2.24) is 0 Å². The van der Waals surface area contributed by atoms with E-state index in [2.05, 4.69) is 62.3 Å². The molecular weight excluding hydrogens is 252 g/mol. The van der Waals surface area contributed by atoms with E-state index in [1.807, 2.05) is 0 Å². The quantitative estimate of drug-likeness (QED) is 0.422. The van der Waals surface area contributed by atoms with Crippen LogP contribution in [0.5, 0.6) is 0 Å². The third kappa shape index (κ3) is 4.05. The van der Waals surface area contributed by atoms with Crippen molar-refractivity contribution in [2.75, 3.05) is 0 Å². The highest BCUT2D eigenvalue weighted by Gasteiger charge is 2.58. The fraction of sp³-hybridized carbons (Fsp3) is 1.00. The predicted molar refractivity (Wildman–Crippen MR) is 96.5 cm³/mol. The molecule has 5 unspecified atom stereocenters. The van der Waals surface area contributed by atoms with Gasteiger partial charge in [-0.25, -0.2) is 0 Å². The van der Waals surface area contributed by atoms with Gasteiger partial charge in [0.2, 0.25) is 0 Å². The molecule has 0 nitrogen and oxygen atoms in total. The van der Waals surface area contributed by atoms with Crippen molar-refractivity contribution in [2.45, 2.75) is 94.4 Å². The molecule has 0 amide bonds. The zero-order valence-corrected chi connectivity index (χ0v) is 16.4. The van der Waals surface area contributed by atoms with Gasteiger partial charge in [-0.05, 0) is 66.1 Å². The standard InChI is InChI=1S/C21H42/c1-10-16(4)14-18(6)21(9,20(8)11-12-20)19(7)17(5)13-15(2)3/h15-19H,10-14H2,1-9H3. The largest absolute Gasteiger partial charge is 0.0651 e. The van der Waals surface area contributed by atoms with Crippen molar-refractivity contribution < 1.29 is 0 Å². The van der Waals surface area contributed by atoms with Crippen LogP contribution in [0, 0.1) is 40.4 Å². The zero-order chi connectivity index (χ0) is 16.4. The van der Waals surface area contributed by atoms with Crippen LogP contribution in [0.3, 0.4) is 0 Å². The molecule has 126 valence electrons. The van der Waals surface area contributed by atoms with Crippen LogP contribution in [0.25, 0.3) is 0 Å². The molecule has 5 atom stereocenters. The molecule has 1 saturated carbocycles. The van der Waals surface area contributed by atoms with Gasteiger partial charge < -0.3 is 0 Å². The molecule has 1 fully saturated rings. The highest BCUT2D eigenvalue weighted by Crippen LogP contribution is 2.66. The summed E-state index contributed by atoms with van der Waals surface area (Å²) in [5.41, 5.74) is 1.11. The van der Waals surface area contributed by atoms with Crippen LogP contribution in [-0.4, -0.2) is 0 Å². The first-order valence-corrected chi connectivity index (χ1v) is 9.58. The summed E-state index contributed by atoms with van der Waals surface area (Å²) in [5.74, 6) is 4.20. The number of rotatable bonds is 9. The molecule has 1 rings (SSSR count). The van der Waals surface area contributed by atoms with Crippen LogP contribution < -0.4 is 0 Å².